The molecule has 1 N–H and O–H groups in total. The first-order valence-corrected chi connectivity index (χ1v) is 7.74. The number of nitrogens with zero attached hydrogens (tertiary/aromatic N) is 1. The molecule has 7 nitrogen and oxygen atoms in total. The van der Waals surface area contributed by atoms with Crippen molar-refractivity contribution in [3.05, 3.63) is 82.0 Å². The summed E-state index contributed by atoms with van der Waals surface area (Å²) in [4.78, 5) is 37.4. The number of ketones is 1. The molecule has 0 aliphatic heterocycles. The van der Waals surface area contributed by atoms with E-state index in [1.807, 2.05) is 18.2 Å². The number of hydrogen-bond acceptors (Lipinski definition) is 5. The number of para-hydroxylation sites is 2. The number of carbonyl (C=O) groups excluding carboxylic acids is 2. The SMILES string of the molecule is O=C(C=Cc1ccccc1[N+](=O)[O-])OCC(=O)c1c[nH]c2ccccc12. The molecule has 0 saturated carbocycles. The maximum Gasteiger partial charge on any atom is 0.331 e. The van der Waals surface area contributed by atoms with Crippen molar-refractivity contribution in [1.82, 2.24) is 4.98 Å². The van der Waals surface area contributed by atoms with Crippen LogP contribution in [0.5, 0.6) is 0 Å². The second-order valence-corrected chi connectivity index (χ2v) is 5.43. The number of carbonyl (C=O) groups is 2. The van der Waals surface area contributed by atoms with E-state index < -0.39 is 17.5 Å². The average Bonchev–Trinajstić information content (AvgIpc) is 3.08. The van der Waals surface area contributed by atoms with Crippen LogP contribution in [0, 0.1) is 10.1 Å². The molecule has 1 heterocycles. The van der Waals surface area contributed by atoms with Crippen molar-refractivity contribution in [3.8, 4) is 0 Å². The van der Waals surface area contributed by atoms with Crippen molar-refractivity contribution in [3.63, 3.8) is 0 Å². The smallest absolute Gasteiger partial charge is 0.331 e. The summed E-state index contributed by atoms with van der Waals surface area (Å²) in [6, 6.07) is 13.3. The standard InChI is InChI=1S/C19H14N2O5/c22-18(15-11-20-16-7-3-2-6-14(15)16)12-26-19(23)10-9-13-5-1-4-8-17(13)21(24)25/h1-11,20H,12H2. The van der Waals surface area contributed by atoms with Crippen molar-refractivity contribution in [2.75, 3.05) is 6.61 Å². The van der Waals surface area contributed by atoms with Gasteiger partial charge in [-0.1, -0.05) is 30.3 Å². The number of ether oxygens (including phenoxy) is 1. The number of H-pyrrole nitrogens is 1. The number of nitrogens with one attached hydrogen (secondary N) is 1. The fourth-order valence-corrected chi connectivity index (χ4v) is 2.52. The first-order chi connectivity index (χ1) is 12.6. The molecule has 3 rings (SSSR count). The van der Waals surface area contributed by atoms with E-state index in [0.717, 1.165) is 17.0 Å². The molecule has 2 aromatic carbocycles. The monoisotopic (exact) mass is 350 g/mol. The van der Waals surface area contributed by atoms with Gasteiger partial charge in [-0.3, -0.25) is 14.9 Å². The Morgan fingerprint density at radius 2 is 1.85 bits per heavy atom. The van der Waals surface area contributed by atoms with Crippen molar-refractivity contribution in [2.24, 2.45) is 0 Å². The Labute approximate surface area is 148 Å². The Hall–Kier alpha value is -3.74. The van der Waals surface area contributed by atoms with Crippen molar-refractivity contribution >= 4 is 34.4 Å². The number of benzene rings is 2. The number of aromatic nitrogens is 1. The lowest BCUT2D eigenvalue weighted by Gasteiger charge is -2.01. The van der Waals surface area contributed by atoms with Crippen LogP contribution in [-0.2, 0) is 9.53 Å². The van der Waals surface area contributed by atoms with Crippen molar-refractivity contribution in [1.29, 1.82) is 0 Å². The molecule has 0 aliphatic rings. The van der Waals surface area contributed by atoms with Gasteiger partial charge in [0.15, 0.2) is 6.61 Å². The molecule has 0 unspecified atom stereocenters. The summed E-state index contributed by atoms with van der Waals surface area (Å²) in [6.07, 6.45) is 3.92. The highest BCUT2D eigenvalue weighted by Crippen LogP contribution is 2.19. The fourth-order valence-electron chi connectivity index (χ4n) is 2.52. The van der Waals surface area contributed by atoms with E-state index in [0.29, 0.717) is 5.56 Å². The lowest BCUT2D eigenvalue weighted by Crippen LogP contribution is -2.12. The summed E-state index contributed by atoms with van der Waals surface area (Å²) in [6.45, 7) is -0.415. The highest BCUT2D eigenvalue weighted by atomic mass is 16.6. The minimum atomic E-state index is -0.753. The number of nitro benzene ring substituents is 1. The molecule has 0 atom stereocenters. The van der Waals surface area contributed by atoms with Gasteiger partial charge in [0, 0.05) is 34.8 Å². The van der Waals surface area contributed by atoms with E-state index in [2.05, 4.69) is 4.98 Å². The molecule has 0 saturated heterocycles. The third-order valence-corrected chi connectivity index (χ3v) is 3.77. The molecule has 0 radical (unpaired) electrons. The summed E-state index contributed by atoms with van der Waals surface area (Å²) < 4.78 is 4.94. The van der Waals surface area contributed by atoms with E-state index in [-0.39, 0.29) is 17.0 Å². The van der Waals surface area contributed by atoms with Crippen LogP contribution in [0.25, 0.3) is 17.0 Å². The number of Topliss-reactive ketones (excluding diaryl/α,β-unsaturated/α-hetero) is 1. The first-order valence-electron chi connectivity index (χ1n) is 7.74. The molecular formula is C19H14N2O5. The molecule has 3 aromatic rings. The maximum atomic E-state index is 12.2. The summed E-state index contributed by atoms with van der Waals surface area (Å²) in [5.41, 5.74) is 1.42. The second kappa shape index (κ2) is 7.43. The molecule has 0 bridgehead atoms. The first kappa shape index (κ1) is 17.1. The zero-order valence-corrected chi connectivity index (χ0v) is 13.5. The van der Waals surface area contributed by atoms with Gasteiger partial charge in [0.2, 0.25) is 5.78 Å². The Balaban J connectivity index is 1.64. The van der Waals surface area contributed by atoms with Gasteiger partial charge in [-0.15, -0.1) is 0 Å². The van der Waals surface area contributed by atoms with Gasteiger partial charge >= 0.3 is 5.97 Å². The Morgan fingerprint density at radius 1 is 1.12 bits per heavy atom. The van der Waals surface area contributed by atoms with Gasteiger partial charge in [-0.2, -0.15) is 0 Å². The number of rotatable bonds is 6. The third kappa shape index (κ3) is 3.67. The van der Waals surface area contributed by atoms with Crippen LogP contribution in [0.4, 0.5) is 5.69 Å². The third-order valence-electron chi connectivity index (χ3n) is 3.77. The number of esters is 1. The Kier molecular flexibility index (Phi) is 4.89. The molecule has 130 valence electrons. The highest BCUT2D eigenvalue weighted by Gasteiger charge is 2.14. The topological polar surface area (TPSA) is 102 Å². The van der Waals surface area contributed by atoms with E-state index in [9.17, 15) is 19.7 Å². The number of hydrogen-bond donors (Lipinski definition) is 1. The van der Waals surface area contributed by atoms with Gasteiger partial charge < -0.3 is 9.72 Å². The van der Waals surface area contributed by atoms with Gasteiger partial charge in [0.05, 0.1) is 10.5 Å². The number of nitro groups is 1. The normalized spacial score (nSPS) is 10.9. The minimum Gasteiger partial charge on any atom is -0.454 e. The predicted molar refractivity (Wildman–Crippen MR) is 95.7 cm³/mol. The Bertz CT molecular complexity index is 1020. The quantitative estimate of drug-likeness (QED) is 0.241. The Morgan fingerprint density at radius 3 is 2.65 bits per heavy atom. The van der Waals surface area contributed by atoms with E-state index in [1.165, 1.54) is 24.3 Å². The van der Waals surface area contributed by atoms with E-state index in [1.54, 1.807) is 18.3 Å². The number of aromatic amines is 1. The molecule has 0 spiro atoms. The predicted octanol–water partition coefficient (Wildman–Crippen LogP) is 3.52. The van der Waals surface area contributed by atoms with E-state index in [4.69, 9.17) is 4.74 Å². The molecular weight excluding hydrogens is 336 g/mol. The largest absolute Gasteiger partial charge is 0.454 e. The zero-order chi connectivity index (χ0) is 18.5. The summed E-state index contributed by atoms with van der Waals surface area (Å²) in [5.74, 6) is -1.09. The van der Waals surface area contributed by atoms with Crippen LogP contribution in [-0.4, -0.2) is 28.3 Å². The van der Waals surface area contributed by atoms with Crippen LogP contribution in [0.15, 0.2) is 60.8 Å². The van der Waals surface area contributed by atoms with Crippen LogP contribution in [0.3, 0.4) is 0 Å². The van der Waals surface area contributed by atoms with Gasteiger partial charge in [0.25, 0.3) is 5.69 Å². The zero-order valence-electron chi connectivity index (χ0n) is 13.5. The average molecular weight is 350 g/mol. The van der Waals surface area contributed by atoms with Crippen molar-refractivity contribution in [2.45, 2.75) is 0 Å². The molecule has 0 fully saturated rings. The summed E-state index contributed by atoms with van der Waals surface area (Å²) in [7, 11) is 0. The van der Waals surface area contributed by atoms with Crippen LogP contribution in [0.2, 0.25) is 0 Å². The van der Waals surface area contributed by atoms with Crippen molar-refractivity contribution < 1.29 is 19.2 Å². The lowest BCUT2D eigenvalue weighted by atomic mass is 10.1. The van der Waals surface area contributed by atoms with Crippen LogP contribution >= 0.6 is 0 Å². The summed E-state index contributed by atoms with van der Waals surface area (Å²) in [5, 5.41) is 11.7. The molecule has 1 aromatic heterocycles. The van der Waals surface area contributed by atoms with Crippen LogP contribution in [0.1, 0.15) is 15.9 Å². The van der Waals surface area contributed by atoms with E-state index >= 15 is 0 Å². The maximum absolute atomic E-state index is 12.2. The summed E-state index contributed by atoms with van der Waals surface area (Å²) >= 11 is 0. The van der Waals surface area contributed by atoms with Gasteiger partial charge in [-0.05, 0) is 18.2 Å². The molecule has 7 heteroatoms. The molecule has 0 amide bonds. The molecule has 0 aliphatic carbocycles. The second-order valence-electron chi connectivity index (χ2n) is 5.43. The number of fused-ring (bicyclic) bond motifs is 1. The van der Waals surface area contributed by atoms with Gasteiger partial charge in [-0.25, -0.2) is 4.79 Å². The highest BCUT2D eigenvalue weighted by molar-refractivity contribution is 6.09. The lowest BCUT2D eigenvalue weighted by molar-refractivity contribution is -0.385. The minimum absolute atomic E-state index is 0.119. The van der Waals surface area contributed by atoms with Crippen LogP contribution < -0.4 is 0 Å². The fraction of sp³-hybridized carbons (Fsp3) is 0.0526. The van der Waals surface area contributed by atoms with Gasteiger partial charge in [0.1, 0.15) is 0 Å². The molecule has 26 heavy (non-hydrogen) atoms.